The van der Waals surface area contributed by atoms with Gasteiger partial charge in [0.2, 0.25) is 11.8 Å². The molecular formula is C21H28N4O3. The van der Waals surface area contributed by atoms with Gasteiger partial charge in [0.1, 0.15) is 12.3 Å². The molecule has 28 heavy (non-hydrogen) atoms. The lowest BCUT2D eigenvalue weighted by molar-refractivity contribution is -0.135. The highest BCUT2D eigenvalue weighted by molar-refractivity contribution is 5.90. The normalized spacial score (nSPS) is 16.6. The van der Waals surface area contributed by atoms with E-state index in [2.05, 4.69) is 17.3 Å². The van der Waals surface area contributed by atoms with Crippen molar-refractivity contribution >= 4 is 17.5 Å². The zero-order valence-electron chi connectivity index (χ0n) is 16.3. The summed E-state index contributed by atoms with van der Waals surface area (Å²) in [5.41, 5.74) is 0.586. The molecule has 7 heteroatoms. The van der Waals surface area contributed by atoms with Crippen molar-refractivity contribution in [3.8, 4) is 5.75 Å². The molecule has 7 nitrogen and oxygen atoms in total. The molecule has 0 saturated carbocycles. The van der Waals surface area contributed by atoms with Crippen LogP contribution < -0.4 is 10.1 Å². The monoisotopic (exact) mass is 384 g/mol. The largest absolute Gasteiger partial charge is 0.493 e. The van der Waals surface area contributed by atoms with Crippen molar-refractivity contribution in [1.29, 1.82) is 0 Å². The SMILES string of the molecule is CC[C@@H]1CCCCN1C(=O)Cn1cc(NC(=O)CCOc2ccccc2)cn1. The third-order valence-corrected chi connectivity index (χ3v) is 4.97. The first-order valence-corrected chi connectivity index (χ1v) is 9.95. The number of nitrogens with zero attached hydrogens (tertiary/aromatic N) is 3. The van der Waals surface area contributed by atoms with Crippen molar-refractivity contribution in [1.82, 2.24) is 14.7 Å². The second-order valence-corrected chi connectivity index (χ2v) is 7.03. The van der Waals surface area contributed by atoms with Gasteiger partial charge >= 0.3 is 0 Å². The van der Waals surface area contributed by atoms with Crippen LogP contribution in [0.1, 0.15) is 39.0 Å². The van der Waals surface area contributed by atoms with Gasteiger partial charge in [0.15, 0.2) is 0 Å². The minimum atomic E-state index is -0.149. The number of benzene rings is 1. The van der Waals surface area contributed by atoms with Gasteiger partial charge in [-0.1, -0.05) is 25.1 Å². The van der Waals surface area contributed by atoms with Gasteiger partial charge in [-0.25, -0.2) is 0 Å². The summed E-state index contributed by atoms with van der Waals surface area (Å²) in [6.07, 6.45) is 7.81. The Labute approximate surface area is 165 Å². The van der Waals surface area contributed by atoms with E-state index in [1.54, 1.807) is 17.1 Å². The van der Waals surface area contributed by atoms with Crippen LogP contribution in [0, 0.1) is 0 Å². The number of rotatable bonds is 8. The van der Waals surface area contributed by atoms with Gasteiger partial charge in [-0.2, -0.15) is 5.10 Å². The van der Waals surface area contributed by atoms with Gasteiger partial charge in [-0.05, 0) is 37.8 Å². The molecular weight excluding hydrogens is 356 g/mol. The van der Waals surface area contributed by atoms with Crippen LogP contribution in [0.4, 0.5) is 5.69 Å². The first-order chi connectivity index (χ1) is 13.7. The van der Waals surface area contributed by atoms with Crippen LogP contribution in [0.2, 0.25) is 0 Å². The van der Waals surface area contributed by atoms with Crippen molar-refractivity contribution in [2.75, 3.05) is 18.5 Å². The van der Waals surface area contributed by atoms with E-state index in [1.165, 1.54) is 6.42 Å². The second kappa shape index (κ2) is 9.92. The van der Waals surface area contributed by atoms with Crippen LogP contribution in [0.5, 0.6) is 5.75 Å². The highest BCUT2D eigenvalue weighted by atomic mass is 16.5. The first-order valence-electron chi connectivity index (χ1n) is 9.95. The number of amides is 2. The number of hydrogen-bond acceptors (Lipinski definition) is 4. The maximum atomic E-state index is 12.6. The molecule has 0 unspecified atom stereocenters. The predicted molar refractivity (Wildman–Crippen MR) is 107 cm³/mol. The third-order valence-electron chi connectivity index (χ3n) is 4.97. The summed E-state index contributed by atoms with van der Waals surface area (Å²) in [5.74, 6) is 0.678. The maximum absolute atomic E-state index is 12.6. The van der Waals surface area contributed by atoms with Crippen LogP contribution in [0.25, 0.3) is 0 Å². The van der Waals surface area contributed by atoms with Crippen molar-refractivity contribution in [2.45, 2.75) is 51.6 Å². The molecule has 1 fully saturated rings. The van der Waals surface area contributed by atoms with E-state index < -0.39 is 0 Å². The zero-order chi connectivity index (χ0) is 19.8. The Bertz CT molecular complexity index is 775. The Morgan fingerprint density at radius 1 is 1.25 bits per heavy atom. The summed E-state index contributed by atoms with van der Waals surface area (Å²) < 4.78 is 7.11. The van der Waals surface area contributed by atoms with Gasteiger partial charge in [0, 0.05) is 18.8 Å². The highest BCUT2D eigenvalue weighted by Gasteiger charge is 2.25. The van der Waals surface area contributed by atoms with Crippen LogP contribution in [-0.4, -0.2) is 45.7 Å². The molecule has 1 aliphatic rings. The lowest BCUT2D eigenvalue weighted by atomic mass is 10.00. The van der Waals surface area contributed by atoms with Gasteiger partial charge in [0.25, 0.3) is 0 Å². The number of anilines is 1. The molecule has 2 aromatic rings. The summed E-state index contributed by atoms with van der Waals surface area (Å²) in [6, 6.07) is 9.72. The molecule has 1 N–H and O–H groups in total. The fourth-order valence-electron chi connectivity index (χ4n) is 3.50. The molecule has 1 aromatic heterocycles. The number of carbonyl (C=O) groups is 2. The summed E-state index contributed by atoms with van der Waals surface area (Å²) in [6.45, 7) is 3.45. The minimum Gasteiger partial charge on any atom is -0.493 e. The summed E-state index contributed by atoms with van der Waals surface area (Å²) in [7, 11) is 0. The third kappa shape index (κ3) is 5.58. The smallest absolute Gasteiger partial charge is 0.244 e. The van der Waals surface area contributed by atoms with E-state index in [1.807, 2.05) is 35.2 Å². The fourth-order valence-corrected chi connectivity index (χ4v) is 3.50. The number of carbonyl (C=O) groups excluding carboxylic acids is 2. The number of likely N-dealkylation sites (tertiary alicyclic amines) is 1. The lowest BCUT2D eigenvalue weighted by Gasteiger charge is -2.35. The Balaban J connectivity index is 1.44. The highest BCUT2D eigenvalue weighted by Crippen LogP contribution is 2.20. The molecule has 150 valence electrons. The van der Waals surface area contributed by atoms with E-state index in [0.717, 1.165) is 31.6 Å². The fraction of sp³-hybridized carbons (Fsp3) is 0.476. The number of aromatic nitrogens is 2. The standard InChI is InChI=1S/C21H28N4O3/c1-2-18-8-6-7-12-25(18)21(27)16-24-15-17(14-22-24)23-20(26)11-13-28-19-9-4-3-5-10-19/h3-5,9-10,14-15,18H,2,6-8,11-13,16H2,1H3,(H,23,26)/t18-/m1/s1. The van der Waals surface area contributed by atoms with Gasteiger partial charge in [-0.3, -0.25) is 14.3 Å². The molecule has 2 amide bonds. The molecule has 1 saturated heterocycles. The molecule has 1 aromatic carbocycles. The van der Waals surface area contributed by atoms with Crippen molar-refractivity contribution in [3.05, 3.63) is 42.7 Å². The predicted octanol–water partition coefficient (Wildman–Crippen LogP) is 3.08. The van der Waals surface area contributed by atoms with Crippen LogP contribution in [-0.2, 0) is 16.1 Å². The average Bonchev–Trinajstić information content (AvgIpc) is 3.15. The summed E-state index contributed by atoms with van der Waals surface area (Å²) >= 11 is 0. The maximum Gasteiger partial charge on any atom is 0.244 e. The quantitative estimate of drug-likeness (QED) is 0.759. The van der Waals surface area contributed by atoms with Crippen molar-refractivity contribution in [2.24, 2.45) is 0 Å². The second-order valence-electron chi connectivity index (χ2n) is 7.03. The molecule has 3 rings (SSSR count). The Morgan fingerprint density at radius 3 is 2.86 bits per heavy atom. The van der Waals surface area contributed by atoms with Crippen molar-refractivity contribution < 1.29 is 14.3 Å². The lowest BCUT2D eigenvalue weighted by Crippen LogP contribution is -2.44. The average molecular weight is 384 g/mol. The molecule has 0 bridgehead atoms. The topological polar surface area (TPSA) is 76.5 Å². The number of nitrogens with one attached hydrogen (secondary N) is 1. The number of hydrogen-bond donors (Lipinski definition) is 1. The number of para-hydroxylation sites is 1. The van der Waals surface area contributed by atoms with Crippen LogP contribution in [0.3, 0.4) is 0 Å². The summed E-state index contributed by atoms with van der Waals surface area (Å²) in [4.78, 5) is 26.6. The van der Waals surface area contributed by atoms with E-state index in [-0.39, 0.29) is 24.8 Å². The van der Waals surface area contributed by atoms with E-state index in [4.69, 9.17) is 4.74 Å². The Morgan fingerprint density at radius 2 is 2.07 bits per heavy atom. The van der Waals surface area contributed by atoms with Crippen LogP contribution >= 0.6 is 0 Å². The Hall–Kier alpha value is -2.83. The molecule has 1 atom stereocenters. The summed E-state index contributed by atoms with van der Waals surface area (Å²) in [5, 5.41) is 7.00. The van der Waals surface area contributed by atoms with E-state index in [0.29, 0.717) is 18.3 Å². The molecule has 1 aliphatic heterocycles. The number of piperidine rings is 1. The van der Waals surface area contributed by atoms with Crippen LogP contribution in [0.15, 0.2) is 42.7 Å². The minimum absolute atomic E-state index is 0.0868. The zero-order valence-corrected chi connectivity index (χ0v) is 16.3. The molecule has 0 aliphatic carbocycles. The molecule has 2 heterocycles. The Kier molecular flexibility index (Phi) is 7.06. The first kappa shape index (κ1) is 19.9. The van der Waals surface area contributed by atoms with E-state index >= 15 is 0 Å². The molecule has 0 spiro atoms. The van der Waals surface area contributed by atoms with Gasteiger partial charge < -0.3 is 15.0 Å². The van der Waals surface area contributed by atoms with E-state index in [9.17, 15) is 9.59 Å². The number of ether oxygens (including phenoxy) is 1. The van der Waals surface area contributed by atoms with Gasteiger partial charge in [-0.15, -0.1) is 0 Å². The van der Waals surface area contributed by atoms with Gasteiger partial charge in [0.05, 0.1) is 24.9 Å². The van der Waals surface area contributed by atoms with Crippen molar-refractivity contribution in [3.63, 3.8) is 0 Å². The molecule has 0 radical (unpaired) electrons.